The number of rotatable bonds is 7. The summed E-state index contributed by atoms with van der Waals surface area (Å²) in [5, 5.41) is 0. The van der Waals surface area contributed by atoms with Crippen LogP contribution in [0.25, 0.3) is 11.1 Å². The van der Waals surface area contributed by atoms with Crippen LogP contribution in [0.5, 0.6) is 5.75 Å². The molecule has 1 saturated heterocycles. The maximum absolute atomic E-state index is 14.6. The van der Waals surface area contributed by atoms with Gasteiger partial charge in [0.05, 0.1) is 19.3 Å². The lowest BCUT2D eigenvalue weighted by Crippen LogP contribution is -2.20. The Kier molecular flexibility index (Phi) is 7.21. The van der Waals surface area contributed by atoms with Gasteiger partial charge in [-0.05, 0) is 60.1 Å². The van der Waals surface area contributed by atoms with Crippen LogP contribution in [0.2, 0.25) is 0 Å². The van der Waals surface area contributed by atoms with E-state index in [2.05, 4.69) is 55.5 Å². The Bertz CT molecular complexity index is 1020. The van der Waals surface area contributed by atoms with Crippen molar-refractivity contribution in [1.82, 2.24) is 0 Å². The van der Waals surface area contributed by atoms with Gasteiger partial charge in [-0.2, -0.15) is 4.39 Å². The number of ether oxygens (including phenoxy) is 2. The first kappa shape index (κ1) is 22.5. The van der Waals surface area contributed by atoms with Gasteiger partial charge in [0.1, 0.15) is 0 Å². The zero-order valence-corrected chi connectivity index (χ0v) is 18.7. The standard InChI is InChI=1S/C28H30F2O2/c1-3-5-19-6-8-20(9-7-19)21-10-12-22(13-11-21)25-16-14-23(18-32-25)24-15-17-26(31-4-2)28(30)27(24)29/h6-13,15,17,23,25H,3-5,14,16,18H2,1-2H3. The number of hydrogen-bond donors (Lipinski definition) is 0. The van der Waals surface area contributed by atoms with Crippen LogP contribution in [0, 0.1) is 11.6 Å². The van der Waals surface area contributed by atoms with Crippen LogP contribution in [-0.4, -0.2) is 13.2 Å². The van der Waals surface area contributed by atoms with Gasteiger partial charge in [-0.15, -0.1) is 0 Å². The molecule has 0 amide bonds. The van der Waals surface area contributed by atoms with Crippen molar-refractivity contribution in [3.8, 4) is 16.9 Å². The second-order valence-electron chi connectivity index (χ2n) is 8.38. The van der Waals surface area contributed by atoms with Gasteiger partial charge in [-0.1, -0.05) is 67.9 Å². The van der Waals surface area contributed by atoms with Crippen LogP contribution in [0.15, 0.2) is 60.7 Å². The Morgan fingerprint density at radius 2 is 1.53 bits per heavy atom. The third kappa shape index (κ3) is 4.86. The zero-order chi connectivity index (χ0) is 22.5. The molecular formula is C28H30F2O2. The third-order valence-corrected chi connectivity index (χ3v) is 6.20. The summed E-state index contributed by atoms with van der Waals surface area (Å²) in [6, 6.07) is 20.3. The summed E-state index contributed by atoms with van der Waals surface area (Å²) in [5.74, 6) is -1.93. The SMILES string of the molecule is CCCc1ccc(-c2ccc(C3CCC(c4ccc(OCC)c(F)c4F)CO3)cc2)cc1. The number of hydrogen-bond acceptors (Lipinski definition) is 2. The van der Waals surface area contributed by atoms with E-state index in [-0.39, 0.29) is 17.8 Å². The second-order valence-corrected chi connectivity index (χ2v) is 8.38. The molecule has 4 rings (SSSR count). The molecule has 2 atom stereocenters. The number of benzene rings is 3. The molecule has 32 heavy (non-hydrogen) atoms. The molecule has 1 aliphatic heterocycles. The quantitative estimate of drug-likeness (QED) is 0.379. The average molecular weight is 437 g/mol. The average Bonchev–Trinajstić information content (AvgIpc) is 2.83. The van der Waals surface area contributed by atoms with Crippen molar-refractivity contribution in [2.45, 2.75) is 51.6 Å². The minimum absolute atomic E-state index is 0.0252. The first-order valence-electron chi connectivity index (χ1n) is 11.5. The van der Waals surface area contributed by atoms with E-state index in [0.717, 1.165) is 31.2 Å². The summed E-state index contributed by atoms with van der Waals surface area (Å²) in [7, 11) is 0. The summed E-state index contributed by atoms with van der Waals surface area (Å²) in [5.41, 5.74) is 5.23. The van der Waals surface area contributed by atoms with Gasteiger partial charge in [0.15, 0.2) is 11.6 Å². The van der Waals surface area contributed by atoms with Gasteiger partial charge >= 0.3 is 0 Å². The maximum Gasteiger partial charge on any atom is 0.200 e. The van der Waals surface area contributed by atoms with E-state index < -0.39 is 11.6 Å². The van der Waals surface area contributed by atoms with Crippen LogP contribution < -0.4 is 4.74 Å². The lowest BCUT2D eigenvalue weighted by atomic mass is 9.88. The molecule has 0 bridgehead atoms. The predicted molar refractivity (Wildman–Crippen MR) is 124 cm³/mol. The molecule has 1 fully saturated rings. The Morgan fingerprint density at radius 3 is 2.12 bits per heavy atom. The van der Waals surface area contributed by atoms with Crippen molar-refractivity contribution < 1.29 is 18.3 Å². The van der Waals surface area contributed by atoms with Gasteiger partial charge < -0.3 is 9.47 Å². The Labute approximate surface area is 189 Å². The Morgan fingerprint density at radius 1 is 0.844 bits per heavy atom. The van der Waals surface area contributed by atoms with Gasteiger partial charge in [0.25, 0.3) is 0 Å². The highest BCUT2D eigenvalue weighted by Gasteiger charge is 2.28. The van der Waals surface area contributed by atoms with E-state index in [1.54, 1.807) is 13.0 Å². The lowest BCUT2D eigenvalue weighted by Gasteiger charge is -2.30. The Hall–Kier alpha value is -2.72. The monoisotopic (exact) mass is 436 g/mol. The third-order valence-electron chi connectivity index (χ3n) is 6.20. The molecule has 0 aromatic heterocycles. The number of halogens is 2. The molecule has 2 nitrogen and oxygen atoms in total. The van der Waals surface area contributed by atoms with E-state index in [4.69, 9.17) is 9.47 Å². The molecule has 0 saturated carbocycles. The van der Waals surface area contributed by atoms with Crippen LogP contribution in [0.4, 0.5) is 8.78 Å². The van der Waals surface area contributed by atoms with Gasteiger partial charge in [0, 0.05) is 5.92 Å². The van der Waals surface area contributed by atoms with Crippen molar-refractivity contribution in [2.75, 3.05) is 13.2 Å². The van der Waals surface area contributed by atoms with Crippen LogP contribution in [-0.2, 0) is 11.2 Å². The molecule has 0 radical (unpaired) electrons. The summed E-state index contributed by atoms with van der Waals surface area (Å²) in [6.45, 7) is 4.60. The normalized spacial score (nSPS) is 18.5. The van der Waals surface area contributed by atoms with Crippen LogP contribution >= 0.6 is 0 Å². The summed E-state index contributed by atoms with van der Waals surface area (Å²) >= 11 is 0. The van der Waals surface area contributed by atoms with E-state index in [9.17, 15) is 8.78 Å². The highest BCUT2D eigenvalue weighted by atomic mass is 19.2. The van der Waals surface area contributed by atoms with Crippen LogP contribution in [0.3, 0.4) is 0 Å². The smallest absolute Gasteiger partial charge is 0.200 e. The first-order chi connectivity index (χ1) is 15.6. The van der Waals surface area contributed by atoms with Crippen LogP contribution in [0.1, 0.15) is 61.8 Å². The van der Waals surface area contributed by atoms with Gasteiger partial charge in [-0.25, -0.2) is 4.39 Å². The topological polar surface area (TPSA) is 18.5 Å². The predicted octanol–water partition coefficient (Wildman–Crippen LogP) is 7.62. The van der Waals surface area contributed by atoms with Crippen molar-refractivity contribution in [3.05, 3.63) is 89.0 Å². The fourth-order valence-electron chi connectivity index (χ4n) is 4.43. The summed E-state index contributed by atoms with van der Waals surface area (Å²) in [4.78, 5) is 0. The second kappa shape index (κ2) is 10.3. The first-order valence-corrected chi connectivity index (χ1v) is 11.5. The van der Waals surface area contributed by atoms with Crippen molar-refractivity contribution >= 4 is 0 Å². The van der Waals surface area contributed by atoms with Gasteiger partial charge in [0.2, 0.25) is 5.82 Å². The molecule has 168 valence electrons. The highest BCUT2D eigenvalue weighted by Crippen LogP contribution is 2.38. The molecule has 1 heterocycles. The molecule has 1 aliphatic rings. The minimum Gasteiger partial charge on any atom is -0.491 e. The molecule has 4 heteroatoms. The molecule has 0 aliphatic carbocycles. The fraction of sp³-hybridized carbons (Fsp3) is 0.357. The summed E-state index contributed by atoms with van der Waals surface area (Å²) < 4.78 is 40.0. The molecule has 3 aromatic carbocycles. The lowest BCUT2D eigenvalue weighted by molar-refractivity contribution is 0.00161. The fourth-order valence-corrected chi connectivity index (χ4v) is 4.43. The number of aryl methyl sites for hydroxylation is 1. The summed E-state index contributed by atoms with van der Waals surface area (Å²) in [6.07, 6.45) is 3.74. The largest absolute Gasteiger partial charge is 0.491 e. The van der Waals surface area contributed by atoms with E-state index in [1.165, 1.54) is 22.8 Å². The van der Waals surface area contributed by atoms with E-state index in [0.29, 0.717) is 18.8 Å². The molecule has 0 N–H and O–H groups in total. The molecule has 2 unspecified atom stereocenters. The van der Waals surface area contributed by atoms with Gasteiger partial charge in [-0.3, -0.25) is 0 Å². The highest BCUT2D eigenvalue weighted by molar-refractivity contribution is 5.64. The maximum atomic E-state index is 14.6. The van der Waals surface area contributed by atoms with E-state index >= 15 is 0 Å². The van der Waals surface area contributed by atoms with E-state index in [1.807, 2.05) is 0 Å². The molecular weight excluding hydrogens is 406 g/mol. The zero-order valence-electron chi connectivity index (χ0n) is 18.7. The Balaban J connectivity index is 1.40. The van der Waals surface area contributed by atoms with Crippen molar-refractivity contribution in [2.24, 2.45) is 0 Å². The van der Waals surface area contributed by atoms with Crippen molar-refractivity contribution in [3.63, 3.8) is 0 Å². The molecule has 3 aromatic rings. The minimum atomic E-state index is -0.912. The molecule has 0 spiro atoms. The van der Waals surface area contributed by atoms with Crippen molar-refractivity contribution in [1.29, 1.82) is 0 Å².